The highest BCUT2D eigenvalue weighted by atomic mass is 16.5. The maximum atomic E-state index is 13.6. The van der Waals surface area contributed by atoms with Crippen molar-refractivity contribution >= 4 is 34.7 Å². The van der Waals surface area contributed by atoms with Gasteiger partial charge in [-0.25, -0.2) is 0 Å². The number of ether oxygens (including phenoxy) is 2. The van der Waals surface area contributed by atoms with Crippen LogP contribution in [0.2, 0.25) is 0 Å². The molecule has 1 aliphatic rings. The van der Waals surface area contributed by atoms with Crippen molar-refractivity contribution in [2.75, 3.05) is 24.4 Å². The first-order valence-corrected chi connectivity index (χ1v) is 12.5. The molecule has 0 radical (unpaired) electrons. The third kappa shape index (κ3) is 5.23. The second-order valence-corrected chi connectivity index (χ2v) is 10.3. The first-order chi connectivity index (χ1) is 18.5. The molecule has 0 aromatic heterocycles. The number of rotatable bonds is 6. The molecule has 8 heteroatoms. The van der Waals surface area contributed by atoms with E-state index >= 15 is 0 Å². The molecule has 202 valence electrons. The van der Waals surface area contributed by atoms with Crippen LogP contribution < -0.4 is 19.7 Å². The summed E-state index contributed by atoms with van der Waals surface area (Å²) in [6.07, 6.45) is 0. The number of carbonyl (C=O) groups excluding carboxylic acids is 3. The van der Waals surface area contributed by atoms with Gasteiger partial charge in [-0.2, -0.15) is 0 Å². The molecule has 1 heterocycles. The van der Waals surface area contributed by atoms with Gasteiger partial charge in [-0.05, 0) is 47.9 Å². The number of amides is 2. The predicted octanol–water partition coefficient (Wildman–Crippen LogP) is 5.59. The first kappa shape index (κ1) is 27.4. The fraction of sp³-hybridized carbons (Fsp3) is 0.258. The summed E-state index contributed by atoms with van der Waals surface area (Å²) in [4.78, 5) is 40.2. The van der Waals surface area contributed by atoms with Gasteiger partial charge in [0.15, 0.2) is 0 Å². The number of aliphatic hydroxyl groups is 1. The van der Waals surface area contributed by atoms with E-state index in [4.69, 9.17) is 9.47 Å². The van der Waals surface area contributed by atoms with Crippen molar-refractivity contribution in [3.05, 3.63) is 89.0 Å². The highest BCUT2D eigenvalue weighted by Gasteiger charge is 2.48. The van der Waals surface area contributed by atoms with Crippen LogP contribution in [-0.2, 0) is 19.8 Å². The van der Waals surface area contributed by atoms with Crippen molar-refractivity contribution in [2.45, 2.75) is 39.2 Å². The molecule has 4 rings (SSSR count). The van der Waals surface area contributed by atoms with Crippen molar-refractivity contribution < 1.29 is 29.0 Å². The Bertz CT molecular complexity index is 1480. The van der Waals surface area contributed by atoms with Crippen LogP contribution in [0.25, 0.3) is 5.76 Å². The monoisotopic (exact) mass is 528 g/mol. The maximum absolute atomic E-state index is 13.6. The Hall–Kier alpha value is -4.59. The molecular formula is C31H32N2O6. The topological polar surface area (TPSA) is 105 Å². The van der Waals surface area contributed by atoms with Crippen molar-refractivity contribution in [1.82, 2.24) is 0 Å². The van der Waals surface area contributed by atoms with Gasteiger partial charge in [-0.15, -0.1) is 0 Å². The number of methoxy groups -OCH3 is 2. The number of Topliss-reactive ketones (excluding diaryl/α,β-unsaturated/α-hetero) is 1. The molecule has 1 atom stereocenters. The number of nitrogens with one attached hydrogen (secondary N) is 1. The highest BCUT2D eigenvalue weighted by molar-refractivity contribution is 6.51. The lowest BCUT2D eigenvalue weighted by Gasteiger charge is -2.27. The summed E-state index contributed by atoms with van der Waals surface area (Å²) in [7, 11) is 3.08. The average molecular weight is 529 g/mol. The minimum absolute atomic E-state index is 0.0699. The van der Waals surface area contributed by atoms with Crippen LogP contribution in [0.4, 0.5) is 11.4 Å². The molecule has 0 bridgehead atoms. The van der Waals surface area contributed by atoms with Gasteiger partial charge in [0.05, 0.1) is 25.8 Å². The van der Waals surface area contributed by atoms with Crippen LogP contribution in [-0.4, -0.2) is 36.9 Å². The minimum Gasteiger partial charge on any atom is -0.507 e. The summed E-state index contributed by atoms with van der Waals surface area (Å²) >= 11 is 0. The van der Waals surface area contributed by atoms with Crippen LogP contribution in [0, 0.1) is 0 Å². The van der Waals surface area contributed by atoms with E-state index < -0.39 is 17.7 Å². The minimum atomic E-state index is -0.992. The van der Waals surface area contributed by atoms with Crippen LogP contribution in [0.15, 0.2) is 72.3 Å². The lowest BCUT2D eigenvalue weighted by atomic mass is 9.84. The standard InChI is InChI=1S/C31H32N2O6/c1-18(34)32-20-10-9-11-21(17-20)33-27(22-12-7-8-13-24(22)38-5)26(29(36)30(33)37)28(35)19-14-15-25(39-6)23(16-19)31(2,3)4/h7-17,27,35H,1-6H3,(H,32,34)/b28-26+. The molecule has 2 N–H and O–H groups in total. The highest BCUT2D eigenvalue weighted by Crippen LogP contribution is 2.45. The molecule has 8 nitrogen and oxygen atoms in total. The molecule has 2 amide bonds. The number of carbonyl (C=O) groups is 3. The number of nitrogens with zero attached hydrogens (tertiary/aromatic N) is 1. The van der Waals surface area contributed by atoms with Crippen LogP contribution in [0.3, 0.4) is 0 Å². The number of hydrogen-bond donors (Lipinski definition) is 2. The smallest absolute Gasteiger partial charge is 0.300 e. The summed E-state index contributed by atoms with van der Waals surface area (Å²) in [6.45, 7) is 7.44. The van der Waals surface area contributed by atoms with Gasteiger partial charge in [-0.1, -0.05) is 45.0 Å². The van der Waals surface area contributed by atoms with E-state index in [1.54, 1.807) is 73.8 Å². The molecule has 0 aliphatic carbocycles. The van der Waals surface area contributed by atoms with Crippen molar-refractivity contribution in [2.24, 2.45) is 0 Å². The second kappa shape index (κ2) is 10.6. The Balaban J connectivity index is 1.98. The number of hydrogen-bond acceptors (Lipinski definition) is 6. The van der Waals surface area contributed by atoms with E-state index in [1.807, 2.05) is 20.8 Å². The van der Waals surface area contributed by atoms with Crippen LogP contribution in [0.5, 0.6) is 11.5 Å². The number of anilines is 2. The summed E-state index contributed by atoms with van der Waals surface area (Å²) in [5, 5.41) is 14.3. The normalized spacial score (nSPS) is 16.8. The van der Waals surface area contributed by atoms with Crippen molar-refractivity contribution in [1.29, 1.82) is 0 Å². The van der Waals surface area contributed by atoms with Crippen LogP contribution in [0.1, 0.15) is 50.4 Å². The maximum Gasteiger partial charge on any atom is 0.300 e. The number of aliphatic hydroxyl groups excluding tert-OH is 1. The van der Waals surface area contributed by atoms with Gasteiger partial charge in [0, 0.05) is 35.0 Å². The van der Waals surface area contributed by atoms with Crippen LogP contribution >= 0.6 is 0 Å². The van der Waals surface area contributed by atoms with Gasteiger partial charge in [0.25, 0.3) is 11.7 Å². The Morgan fingerprint density at radius 2 is 1.62 bits per heavy atom. The summed E-state index contributed by atoms with van der Waals surface area (Å²) in [5.41, 5.74) is 2.19. The average Bonchev–Trinajstić information content (AvgIpc) is 3.17. The number of para-hydroxylation sites is 1. The van der Waals surface area contributed by atoms with Gasteiger partial charge < -0.3 is 19.9 Å². The molecule has 39 heavy (non-hydrogen) atoms. The van der Waals surface area contributed by atoms with E-state index in [9.17, 15) is 19.5 Å². The fourth-order valence-corrected chi connectivity index (χ4v) is 4.82. The molecular weight excluding hydrogens is 496 g/mol. The second-order valence-electron chi connectivity index (χ2n) is 10.3. The predicted molar refractivity (Wildman–Crippen MR) is 150 cm³/mol. The van der Waals surface area contributed by atoms with Crippen molar-refractivity contribution in [3.63, 3.8) is 0 Å². The Morgan fingerprint density at radius 1 is 0.923 bits per heavy atom. The van der Waals surface area contributed by atoms with Crippen molar-refractivity contribution in [3.8, 4) is 11.5 Å². The largest absolute Gasteiger partial charge is 0.507 e. The van der Waals surface area contributed by atoms with E-state index in [0.717, 1.165) is 5.56 Å². The summed E-state index contributed by atoms with van der Waals surface area (Å²) in [6, 6.07) is 17.9. The molecule has 3 aromatic rings. The van der Waals surface area contributed by atoms with E-state index in [2.05, 4.69) is 5.32 Å². The first-order valence-electron chi connectivity index (χ1n) is 12.5. The molecule has 0 saturated carbocycles. The zero-order chi connectivity index (χ0) is 28.5. The number of benzene rings is 3. The van der Waals surface area contributed by atoms with Gasteiger partial charge in [0.2, 0.25) is 5.91 Å². The molecule has 1 aliphatic heterocycles. The molecule has 1 fully saturated rings. The van der Waals surface area contributed by atoms with Gasteiger partial charge in [-0.3, -0.25) is 19.3 Å². The van der Waals surface area contributed by atoms with Gasteiger partial charge in [0.1, 0.15) is 17.3 Å². The lowest BCUT2D eigenvalue weighted by Crippen LogP contribution is -2.29. The summed E-state index contributed by atoms with van der Waals surface area (Å²) in [5.74, 6) is -1.12. The molecule has 1 unspecified atom stereocenters. The van der Waals surface area contributed by atoms with E-state index in [0.29, 0.717) is 34.0 Å². The summed E-state index contributed by atoms with van der Waals surface area (Å²) < 4.78 is 11.1. The number of ketones is 1. The molecule has 1 saturated heterocycles. The Morgan fingerprint density at radius 3 is 2.26 bits per heavy atom. The lowest BCUT2D eigenvalue weighted by molar-refractivity contribution is -0.132. The molecule has 0 spiro atoms. The SMILES string of the molecule is COc1ccccc1C1/C(=C(\O)c2ccc(OC)c(C(C)(C)C)c2)C(=O)C(=O)N1c1cccc(NC(C)=O)c1. The Kier molecular flexibility index (Phi) is 7.49. The van der Waals surface area contributed by atoms with E-state index in [1.165, 1.54) is 18.9 Å². The quantitative estimate of drug-likeness (QED) is 0.246. The zero-order valence-electron chi connectivity index (χ0n) is 22.9. The zero-order valence-corrected chi connectivity index (χ0v) is 22.9. The third-order valence-electron chi connectivity index (χ3n) is 6.60. The van der Waals surface area contributed by atoms with E-state index in [-0.39, 0.29) is 22.7 Å². The fourth-order valence-electron chi connectivity index (χ4n) is 4.82. The molecule has 3 aromatic carbocycles. The Labute approximate surface area is 227 Å². The third-order valence-corrected chi connectivity index (χ3v) is 6.60. The van der Waals surface area contributed by atoms with Gasteiger partial charge >= 0.3 is 0 Å².